The van der Waals surface area contributed by atoms with Crippen LogP contribution < -0.4 is 9.88 Å². The molecule has 5 atom stereocenters. The van der Waals surface area contributed by atoms with E-state index in [1.54, 1.807) is 0 Å². The average molecular weight is 497 g/mol. The van der Waals surface area contributed by atoms with Crippen LogP contribution in [0.4, 0.5) is 0 Å². The maximum Gasteiger partial charge on any atom is 0.185 e. The monoisotopic (exact) mass is 496 g/mol. The molecule has 1 aliphatic heterocycles. The molecule has 0 spiro atoms. The van der Waals surface area contributed by atoms with E-state index in [1.165, 1.54) is 22.4 Å². The van der Waals surface area contributed by atoms with Crippen molar-refractivity contribution in [3.63, 3.8) is 0 Å². The van der Waals surface area contributed by atoms with Gasteiger partial charge in [-0.05, 0) is 36.1 Å². The summed E-state index contributed by atoms with van der Waals surface area (Å²) in [6.45, 7) is 23.7. The topological polar surface area (TPSA) is 48.5 Å². The predicted octanol–water partition coefficient (Wildman–Crippen LogP) is 6.43. The molecule has 1 aliphatic carbocycles. The predicted molar refractivity (Wildman–Crippen MR) is 154 cm³/mol. The van der Waals surface area contributed by atoms with Crippen molar-refractivity contribution in [1.29, 1.82) is 0 Å². The number of fused-ring (bicyclic) bond motifs is 3. The fourth-order valence-corrected chi connectivity index (χ4v) is 6.60. The number of hydrogen-bond acceptors (Lipinski definition) is 3. The van der Waals surface area contributed by atoms with E-state index in [2.05, 4.69) is 125 Å². The molecule has 1 aromatic heterocycles. The van der Waals surface area contributed by atoms with Crippen LogP contribution in [0.2, 0.25) is 0 Å². The first kappa shape index (κ1) is 26.7. The lowest BCUT2D eigenvalue weighted by molar-refractivity contribution is -0.794. The maximum atomic E-state index is 9.80. The van der Waals surface area contributed by atoms with Gasteiger partial charge >= 0.3 is 0 Å². The van der Waals surface area contributed by atoms with Crippen molar-refractivity contribution < 1.29 is 9.67 Å². The molecule has 0 radical (unpaired) electrons. The van der Waals surface area contributed by atoms with Gasteiger partial charge in [-0.15, -0.1) is 6.58 Å². The van der Waals surface area contributed by atoms with Crippen LogP contribution >= 0.6 is 0 Å². The minimum atomic E-state index is -0.276. The van der Waals surface area contributed by atoms with E-state index in [4.69, 9.17) is 4.99 Å². The number of aromatic nitrogens is 1. The zero-order valence-corrected chi connectivity index (χ0v) is 23.0. The van der Waals surface area contributed by atoms with Crippen molar-refractivity contribution in [3.8, 4) is 0 Å². The van der Waals surface area contributed by atoms with Crippen molar-refractivity contribution in [2.24, 2.45) is 16.8 Å². The molecule has 0 saturated heterocycles. The quantitative estimate of drug-likeness (QED) is 0.239. The molecule has 2 N–H and O–H groups in total. The van der Waals surface area contributed by atoms with E-state index in [1.807, 2.05) is 6.08 Å². The first-order valence-corrected chi connectivity index (χ1v) is 13.3. The summed E-state index contributed by atoms with van der Waals surface area (Å²) < 4.78 is 2.49. The van der Waals surface area contributed by atoms with Gasteiger partial charge in [-0.1, -0.05) is 69.8 Å². The highest BCUT2D eigenvalue weighted by Gasteiger charge is 2.70. The molecule has 5 unspecified atom stereocenters. The van der Waals surface area contributed by atoms with Gasteiger partial charge in [-0.2, -0.15) is 4.57 Å². The minimum Gasteiger partial charge on any atom is -0.495 e. The summed E-state index contributed by atoms with van der Waals surface area (Å²) in [6, 6.07) is 13.3. The fourth-order valence-electron chi connectivity index (χ4n) is 6.60. The van der Waals surface area contributed by atoms with E-state index >= 15 is 0 Å². The molecular weight excluding hydrogens is 454 g/mol. The molecule has 2 aromatic rings. The van der Waals surface area contributed by atoms with Crippen LogP contribution in [0.25, 0.3) is 0 Å². The summed E-state index contributed by atoms with van der Waals surface area (Å²) in [4.78, 5) is 5.22. The molecule has 1 fully saturated rings. The molecule has 37 heavy (non-hydrogen) atoms. The van der Waals surface area contributed by atoms with E-state index < -0.39 is 0 Å². The average Bonchev–Trinajstić information content (AvgIpc) is 2.84. The number of rotatable bonds is 9. The Morgan fingerprint density at radius 2 is 1.97 bits per heavy atom. The third-order valence-corrected chi connectivity index (χ3v) is 8.22. The normalized spacial score (nSPS) is 25.3. The summed E-state index contributed by atoms with van der Waals surface area (Å²) in [5.74, 6) is 0.486. The highest BCUT2D eigenvalue weighted by Crippen LogP contribution is 2.60. The summed E-state index contributed by atoms with van der Waals surface area (Å²) in [5, 5.41) is 12.9. The van der Waals surface area contributed by atoms with Crippen molar-refractivity contribution >= 4 is 5.71 Å². The largest absolute Gasteiger partial charge is 0.495 e. The Morgan fingerprint density at radius 1 is 1.24 bits per heavy atom. The van der Waals surface area contributed by atoms with Crippen molar-refractivity contribution in [2.45, 2.75) is 64.0 Å². The molecule has 2 aliphatic rings. The second-order valence-corrected chi connectivity index (χ2v) is 11.5. The Kier molecular flexibility index (Phi) is 7.32. The Balaban J connectivity index is 1.94. The van der Waals surface area contributed by atoms with Gasteiger partial charge in [-0.3, -0.25) is 4.99 Å². The van der Waals surface area contributed by atoms with Crippen molar-refractivity contribution in [2.75, 3.05) is 6.54 Å². The Labute approximate surface area is 222 Å². The number of benzene rings is 1. The lowest BCUT2D eigenvalue weighted by atomic mass is 9.49. The molecular formula is C33H42N3O+. The number of aliphatic imine (C=N–C) groups is 1. The van der Waals surface area contributed by atoms with E-state index in [0.717, 1.165) is 12.1 Å². The van der Waals surface area contributed by atoms with Crippen molar-refractivity contribution in [1.82, 2.24) is 5.32 Å². The SMILES string of the molecule is C=CC1=NC2C(C=C)C(CC(/C=C\C)CNC(=C)O)([n+]3ccc(C(C)(C)C)cc3C)C2c2ccccc21. The third-order valence-electron chi connectivity index (χ3n) is 8.22. The molecule has 0 amide bonds. The van der Waals surface area contributed by atoms with Crippen LogP contribution in [0.5, 0.6) is 0 Å². The molecule has 1 aromatic carbocycles. The number of pyridine rings is 1. The van der Waals surface area contributed by atoms with Gasteiger partial charge < -0.3 is 10.4 Å². The summed E-state index contributed by atoms with van der Waals surface area (Å²) >= 11 is 0. The number of aryl methyl sites for hydroxylation is 1. The first-order chi connectivity index (χ1) is 17.6. The Bertz CT molecular complexity index is 1260. The zero-order valence-electron chi connectivity index (χ0n) is 23.0. The molecule has 4 rings (SSSR count). The minimum absolute atomic E-state index is 0.00286. The standard InChI is InChI=1S/C33H41N3O/c1-9-14-24(21-34-23(5)37)20-33(36-18-17-25(19-22(36)4)32(6,7)8)28(10-2)31-30(33)27-16-13-12-15-26(27)29(11-3)35-31/h9-19,24,28,30-31,34H,2-3,5,20-21H2,1,4,6-8H3/p+1/b14-9-. The number of nitrogens with zero attached hydrogens (tertiary/aromatic N) is 2. The van der Waals surface area contributed by atoms with E-state index in [9.17, 15) is 5.11 Å². The number of aliphatic hydroxyl groups is 1. The second-order valence-electron chi connectivity index (χ2n) is 11.5. The summed E-state index contributed by atoms with van der Waals surface area (Å²) in [5.41, 5.74) is 5.79. The van der Waals surface area contributed by atoms with E-state index in [0.29, 0.717) is 6.54 Å². The van der Waals surface area contributed by atoms with Gasteiger partial charge in [0.1, 0.15) is 0 Å². The Morgan fingerprint density at radius 3 is 2.57 bits per heavy atom. The molecule has 1 saturated carbocycles. The van der Waals surface area contributed by atoms with Gasteiger partial charge in [0, 0.05) is 43.5 Å². The molecule has 194 valence electrons. The maximum absolute atomic E-state index is 9.80. The highest BCUT2D eigenvalue weighted by atomic mass is 16.3. The van der Waals surface area contributed by atoms with Crippen LogP contribution in [0, 0.1) is 18.8 Å². The summed E-state index contributed by atoms with van der Waals surface area (Å²) in [7, 11) is 0. The van der Waals surface area contributed by atoms with Gasteiger partial charge in [0.2, 0.25) is 0 Å². The van der Waals surface area contributed by atoms with Crippen LogP contribution in [0.3, 0.4) is 0 Å². The van der Waals surface area contributed by atoms with Crippen LogP contribution in [-0.2, 0) is 11.0 Å². The molecule has 2 heterocycles. The smallest absolute Gasteiger partial charge is 0.185 e. The van der Waals surface area contributed by atoms with Crippen LogP contribution in [0.15, 0.2) is 97.5 Å². The second kappa shape index (κ2) is 10.2. The molecule has 4 nitrogen and oxygen atoms in total. The summed E-state index contributed by atoms with van der Waals surface area (Å²) in [6.07, 6.45) is 11.5. The van der Waals surface area contributed by atoms with Crippen LogP contribution in [0.1, 0.15) is 62.4 Å². The number of aliphatic hydroxyl groups excluding tert-OH is 1. The highest BCUT2D eigenvalue weighted by molar-refractivity contribution is 6.10. The fraction of sp³-hybridized carbons (Fsp3) is 0.394. The zero-order chi connectivity index (χ0) is 27.0. The lowest BCUT2D eigenvalue weighted by Crippen LogP contribution is -2.76. The molecule has 4 heteroatoms. The van der Waals surface area contributed by atoms with Crippen molar-refractivity contribution in [3.05, 3.63) is 115 Å². The first-order valence-electron chi connectivity index (χ1n) is 13.3. The van der Waals surface area contributed by atoms with Gasteiger partial charge in [0.05, 0.1) is 23.6 Å². The number of allylic oxidation sites excluding steroid dienone is 2. The molecule has 0 bridgehead atoms. The van der Waals surface area contributed by atoms with Crippen LogP contribution in [-0.4, -0.2) is 23.4 Å². The number of nitrogens with one attached hydrogen (secondary N) is 1. The van der Waals surface area contributed by atoms with E-state index in [-0.39, 0.29) is 40.6 Å². The Hall–Kier alpha value is -3.40. The third kappa shape index (κ3) is 4.58. The van der Waals surface area contributed by atoms with Gasteiger partial charge in [-0.25, -0.2) is 0 Å². The lowest BCUT2D eigenvalue weighted by Gasteiger charge is -2.57. The number of hydrogen-bond donors (Lipinski definition) is 2. The van der Waals surface area contributed by atoms with Gasteiger partial charge in [0.25, 0.3) is 0 Å². The van der Waals surface area contributed by atoms with Gasteiger partial charge in [0.15, 0.2) is 23.3 Å².